The highest BCUT2D eigenvalue weighted by molar-refractivity contribution is 5.82. The molecule has 90 valence electrons. The van der Waals surface area contributed by atoms with E-state index in [0.29, 0.717) is 18.9 Å². The van der Waals surface area contributed by atoms with Crippen LogP contribution in [0.3, 0.4) is 0 Å². The van der Waals surface area contributed by atoms with Crippen molar-refractivity contribution in [3.05, 3.63) is 12.2 Å². The lowest BCUT2D eigenvalue weighted by Crippen LogP contribution is -2.25. The van der Waals surface area contributed by atoms with Crippen LogP contribution < -0.4 is 5.32 Å². The van der Waals surface area contributed by atoms with Gasteiger partial charge in [0.25, 0.3) is 0 Å². The molecule has 0 aromatic carbocycles. The van der Waals surface area contributed by atoms with Crippen molar-refractivity contribution in [1.29, 1.82) is 0 Å². The zero-order valence-electron chi connectivity index (χ0n) is 10.2. The molecule has 0 fully saturated rings. The van der Waals surface area contributed by atoms with Crippen molar-refractivity contribution in [2.75, 3.05) is 13.1 Å². The quantitative estimate of drug-likeness (QED) is 0.739. The lowest BCUT2D eigenvalue weighted by atomic mass is 10.2. The highest BCUT2D eigenvalue weighted by Gasteiger charge is 2.10. The Morgan fingerprint density at radius 1 is 1.56 bits per heavy atom. The molecule has 16 heavy (non-hydrogen) atoms. The lowest BCUT2D eigenvalue weighted by Gasteiger charge is -2.08. The molecule has 1 rings (SSSR count). The highest BCUT2D eigenvalue weighted by Crippen LogP contribution is 2.02. The van der Waals surface area contributed by atoms with Crippen LogP contribution in [-0.4, -0.2) is 33.6 Å². The minimum atomic E-state index is 0.153. The Bertz CT molecular complexity index is 332. The first-order chi connectivity index (χ1) is 7.63. The van der Waals surface area contributed by atoms with Crippen LogP contribution in [0.1, 0.15) is 26.6 Å². The molecular formula is C11H20N4O. The Balaban J connectivity index is 2.52. The molecule has 1 heterocycles. The van der Waals surface area contributed by atoms with Gasteiger partial charge >= 0.3 is 0 Å². The van der Waals surface area contributed by atoms with Crippen LogP contribution in [0.2, 0.25) is 0 Å². The Morgan fingerprint density at radius 2 is 2.31 bits per heavy atom. The third kappa shape index (κ3) is 4.10. The summed E-state index contributed by atoms with van der Waals surface area (Å²) in [5.41, 5.74) is 0. The third-order valence-corrected chi connectivity index (χ3v) is 2.16. The van der Waals surface area contributed by atoms with Crippen LogP contribution in [0.5, 0.6) is 0 Å². The van der Waals surface area contributed by atoms with Gasteiger partial charge in [-0.15, -0.1) is 0 Å². The number of hydrogen-bond acceptors (Lipinski definition) is 4. The largest absolute Gasteiger partial charge is 0.310 e. The van der Waals surface area contributed by atoms with Gasteiger partial charge in [-0.2, -0.15) is 5.10 Å². The minimum absolute atomic E-state index is 0.153. The molecule has 1 aromatic rings. The van der Waals surface area contributed by atoms with E-state index < -0.39 is 0 Å². The SMILES string of the molecule is CCNCC(=O)Cc1ncnn1CC(C)C. The molecule has 5 nitrogen and oxygen atoms in total. The number of aromatic nitrogens is 3. The molecule has 0 spiro atoms. The van der Waals surface area contributed by atoms with Gasteiger partial charge in [-0.25, -0.2) is 9.67 Å². The van der Waals surface area contributed by atoms with Gasteiger partial charge < -0.3 is 5.32 Å². The number of ketones is 1. The van der Waals surface area contributed by atoms with Crippen LogP contribution in [0, 0.1) is 5.92 Å². The maximum atomic E-state index is 11.6. The van der Waals surface area contributed by atoms with Gasteiger partial charge in [-0.3, -0.25) is 4.79 Å². The van der Waals surface area contributed by atoms with Crippen LogP contribution >= 0.6 is 0 Å². The highest BCUT2D eigenvalue weighted by atomic mass is 16.1. The molecule has 0 radical (unpaired) electrons. The van der Waals surface area contributed by atoms with Crippen molar-refractivity contribution in [2.45, 2.75) is 33.7 Å². The van der Waals surface area contributed by atoms with Crippen molar-refractivity contribution in [1.82, 2.24) is 20.1 Å². The van der Waals surface area contributed by atoms with Crippen LogP contribution in [0.25, 0.3) is 0 Å². The Labute approximate surface area is 96.3 Å². The molecule has 0 saturated carbocycles. The molecule has 0 atom stereocenters. The summed E-state index contributed by atoms with van der Waals surface area (Å²) in [5, 5.41) is 7.14. The fraction of sp³-hybridized carbons (Fsp3) is 0.727. The predicted octanol–water partition coefficient (Wildman–Crippen LogP) is 0.655. The molecule has 1 aromatic heterocycles. The van der Waals surface area contributed by atoms with E-state index in [1.807, 2.05) is 11.6 Å². The van der Waals surface area contributed by atoms with E-state index in [1.165, 1.54) is 6.33 Å². The number of hydrogen-bond donors (Lipinski definition) is 1. The second-order valence-electron chi connectivity index (χ2n) is 4.25. The topological polar surface area (TPSA) is 59.8 Å². The first kappa shape index (κ1) is 12.8. The zero-order chi connectivity index (χ0) is 12.0. The summed E-state index contributed by atoms with van der Waals surface area (Å²) in [6.45, 7) is 8.24. The minimum Gasteiger partial charge on any atom is -0.310 e. The second-order valence-corrected chi connectivity index (χ2v) is 4.25. The van der Waals surface area contributed by atoms with Crippen molar-refractivity contribution in [3.63, 3.8) is 0 Å². The monoisotopic (exact) mass is 224 g/mol. The number of nitrogens with one attached hydrogen (secondary N) is 1. The average molecular weight is 224 g/mol. The molecule has 1 N–H and O–H groups in total. The van der Waals surface area contributed by atoms with Crippen LogP contribution in [0.15, 0.2) is 6.33 Å². The number of nitrogens with zero attached hydrogens (tertiary/aromatic N) is 3. The summed E-state index contributed by atoms with van der Waals surface area (Å²) in [5.74, 6) is 1.42. The molecule has 0 aliphatic heterocycles. The van der Waals surface area contributed by atoms with E-state index in [1.54, 1.807) is 0 Å². The molecule has 0 bridgehead atoms. The fourth-order valence-electron chi connectivity index (χ4n) is 1.43. The number of likely N-dealkylation sites (N-methyl/N-ethyl adjacent to an activating group) is 1. The van der Waals surface area contributed by atoms with Gasteiger partial charge in [-0.1, -0.05) is 20.8 Å². The van der Waals surface area contributed by atoms with Gasteiger partial charge in [0.1, 0.15) is 12.2 Å². The third-order valence-electron chi connectivity index (χ3n) is 2.16. The van der Waals surface area contributed by atoms with Crippen molar-refractivity contribution < 1.29 is 4.79 Å². The smallest absolute Gasteiger partial charge is 0.154 e. The molecule has 0 amide bonds. The summed E-state index contributed by atoms with van der Waals surface area (Å²) in [7, 11) is 0. The molecule has 0 unspecified atom stereocenters. The van der Waals surface area contributed by atoms with Crippen LogP contribution in [0.4, 0.5) is 0 Å². The normalized spacial score (nSPS) is 11.0. The second kappa shape index (κ2) is 6.37. The van der Waals surface area contributed by atoms with Gasteiger partial charge in [0.15, 0.2) is 5.78 Å². The average Bonchev–Trinajstić information content (AvgIpc) is 2.62. The maximum absolute atomic E-state index is 11.6. The first-order valence-electron chi connectivity index (χ1n) is 5.72. The van der Waals surface area contributed by atoms with E-state index in [4.69, 9.17) is 0 Å². The lowest BCUT2D eigenvalue weighted by molar-refractivity contribution is -0.117. The van der Waals surface area contributed by atoms with Gasteiger partial charge in [0, 0.05) is 6.54 Å². The molecule has 0 aliphatic carbocycles. The Kier molecular flexibility index (Phi) is 5.11. The molecular weight excluding hydrogens is 204 g/mol. The van der Waals surface area contributed by atoms with E-state index in [9.17, 15) is 4.79 Å². The Morgan fingerprint density at radius 3 is 2.94 bits per heavy atom. The maximum Gasteiger partial charge on any atom is 0.154 e. The van der Waals surface area contributed by atoms with E-state index in [2.05, 4.69) is 29.2 Å². The van der Waals surface area contributed by atoms with Gasteiger partial charge in [0.2, 0.25) is 0 Å². The molecule has 5 heteroatoms. The van der Waals surface area contributed by atoms with Crippen molar-refractivity contribution in [3.8, 4) is 0 Å². The fourth-order valence-corrected chi connectivity index (χ4v) is 1.43. The summed E-state index contributed by atoms with van der Waals surface area (Å²) >= 11 is 0. The summed E-state index contributed by atoms with van der Waals surface area (Å²) in [4.78, 5) is 15.7. The Hall–Kier alpha value is -1.23. The number of rotatable bonds is 7. The summed E-state index contributed by atoms with van der Waals surface area (Å²) in [6, 6.07) is 0. The molecule has 0 saturated heterocycles. The molecule has 0 aliphatic rings. The van der Waals surface area contributed by atoms with Crippen molar-refractivity contribution in [2.24, 2.45) is 5.92 Å². The van der Waals surface area contributed by atoms with Crippen molar-refractivity contribution >= 4 is 5.78 Å². The summed E-state index contributed by atoms with van der Waals surface area (Å²) < 4.78 is 1.81. The van der Waals surface area contributed by atoms with E-state index in [-0.39, 0.29) is 5.78 Å². The van der Waals surface area contributed by atoms with E-state index >= 15 is 0 Å². The first-order valence-corrected chi connectivity index (χ1v) is 5.72. The number of carbonyl (C=O) groups excluding carboxylic acids is 1. The van der Waals surface area contributed by atoms with Crippen LogP contribution in [-0.2, 0) is 17.8 Å². The van der Waals surface area contributed by atoms with Gasteiger partial charge in [0.05, 0.1) is 13.0 Å². The zero-order valence-corrected chi connectivity index (χ0v) is 10.2. The number of carbonyl (C=O) groups is 1. The van der Waals surface area contributed by atoms with E-state index in [0.717, 1.165) is 18.9 Å². The predicted molar refractivity (Wildman–Crippen MR) is 62.1 cm³/mol. The summed E-state index contributed by atoms with van der Waals surface area (Å²) in [6.07, 6.45) is 1.87. The van der Waals surface area contributed by atoms with Gasteiger partial charge in [-0.05, 0) is 12.5 Å². The number of Topliss-reactive ketones (excluding diaryl/α,β-unsaturated/α-hetero) is 1. The standard InChI is InChI=1S/C11H20N4O/c1-4-12-6-10(16)5-11-13-8-14-15(11)7-9(2)3/h8-9,12H,4-7H2,1-3H3.